The first-order valence-electron chi connectivity index (χ1n) is 12.4. The zero-order valence-electron chi connectivity index (χ0n) is 21.7. The number of benzene rings is 2. The van der Waals surface area contributed by atoms with Crippen molar-refractivity contribution in [2.45, 2.75) is 51.9 Å². The standard InChI is InChI=1S/C27H30BrClN4O4S/c1-5-12-38-27-31-26-30-16(4)22(25(34)36-7-3)23(33(26)32-27)18-13-19(28)24(21(14-18)35-6-2)37-15-17-10-8-9-11-20(17)29/h8-11,13-14,23H,5-7,12,15H2,1-4H3,(H,30,31,32). The number of fused-ring (bicyclic) bond motifs is 1. The molecule has 202 valence electrons. The van der Waals surface area contributed by atoms with E-state index >= 15 is 0 Å². The largest absolute Gasteiger partial charge is 0.490 e. The van der Waals surface area contributed by atoms with Gasteiger partial charge in [-0.15, -0.1) is 5.10 Å². The van der Waals surface area contributed by atoms with Gasteiger partial charge in [-0.3, -0.25) is 0 Å². The summed E-state index contributed by atoms with van der Waals surface area (Å²) in [5, 5.41) is 9.25. The van der Waals surface area contributed by atoms with Crippen LogP contribution in [0, 0.1) is 0 Å². The number of allylic oxidation sites excluding steroid dienone is 1. The molecule has 2 heterocycles. The number of aromatic nitrogens is 3. The maximum absolute atomic E-state index is 13.2. The number of carbonyl (C=O) groups excluding carboxylic acids is 1. The van der Waals surface area contributed by atoms with Crippen LogP contribution in [0.15, 0.2) is 57.3 Å². The molecule has 2 aromatic carbocycles. The summed E-state index contributed by atoms with van der Waals surface area (Å²) in [6, 6.07) is 10.7. The van der Waals surface area contributed by atoms with Crippen LogP contribution in [0.4, 0.5) is 5.95 Å². The van der Waals surface area contributed by atoms with E-state index in [2.05, 4.69) is 33.2 Å². The lowest BCUT2D eigenvalue weighted by Gasteiger charge is -2.29. The zero-order chi connectivity index (χ0) is 27.2. The summed E-state index contributed by atoms with van der Waals surface area (Å²) in [6.45, 7) is 8.59. The summed E-state index contributed by atoms with van der Waals surface area (Å²) in [5.41, 5.74) is 2.75. The highest BCUT2D eigenvalue weighted by Crippen LogP contribution is 2.43. The number of nitrogens with zero attached hydrogens (tertiary/aromatic N) is 3. The molecule has 11 heteroatoms. The number of nitrogens with one attached hydrogen (secondary N) is 1. The number of hydrogen-bond acceptors (Lipinski definition) is 8. The van der Waals surface area contributed by atoms with Gasteiger partial charge in [0.15, 0.2) is 11.5 Å². The van der Waals surface area contributed by atoms with Gasteiger partial charge in [0.2, 0.25) is 11.1 Å². The smallest absolute Gasteiger partial charge is 0.338 e. The van der Waals surface area contributed by atoms with Crippen molar-refractivity contribution >= 4 is 51.2 Å². The van der Waals surface area contributed by atoms with Gasteiger partial charge in [0.1, 0.15) is 12.6 Å². The summed E-state index contributed by atoms with van der Waals surface area (Å²) in [7, 11) is 0. The van der Waals surface area contributed by atoms with Crippen LogP contribution in [0.2, 0.25) is 5.02 Å². The second kappa shape index (κ2) is 12.9. The van der Waals surface area contributed by atoms with E-state index in [1.807, 2.05) is 50.2 Å². The van der Waals surface area contributed by atoms with Gasteiger partial charge in [-0.2, -0.15) is 4.98 Å². The zero-order valence-corrected chi connectivity index (χ0v) is 24.9. The van der Waals surface area contributed by atoms with Crippen molar-refractivity contribution in [3.8, 4) is 11.5 Å². The maximum Gasteiger partial charge on any atom is 0.338 e. The second-order valence-corrected chi connectivity index (χ2v) is 10.8. The molecule has 0 saturated carbocycles. The number of thioether (sulfide) groups is 1. The van der Waals surface area contributed by atoms with Gasteiger partial charge in [0.25, 0.3) is 0 Å². The minimum absolute atomic E-state index is 0.257. The molecule has 0 radical (unpaired) electrons. The predicted molar refractivity (Wildman–Crippen MR) is 153 cm³/mol. The number of halogens is 2. The molecule has 8 nitrogen and oxygen atoms in total. The second-order valence-electron chi connectivity index (χ2n) is 8.44. The number of esters is 1. The molecule has 1 aromatic heterocycles. The first kappa shape index (κ1) is 28.3. The number of carbonyl (C=O) groups is 1. The summed E-state index contributed by atoms with van der Waals surface area (Å²) in [4.78, 5) is 17.8. The fourth-order valence-electron chi connectivity index (χ4n) is 4.08. The van der Waals surface area contributed by atoms with Crippen LogP contribution in [0.1, 0.15) is 51.3 Å². The first-order chi connectivity index (χ1) is 18.4. The van der Waals surface area contributed by atoms with Crippen molar-refractivity contribution in [1.82, 2.24) is 14.8 Å². The third kappa shape index (κ3) is 6.13. The molecule has 1 unspecified atom stereocenters. The van der Waals surface area contributed by atoms with Crippen LogP contribution in [0.5, 0.6) is 11.5 Å². The fourth-order valence-corrected chi connectivity index (χ4v) is 5.53. The van der Waals surface area contributed by atoms with Gasteiger partial charge < -0.3 is 19.5 Å². The highest BCUT2D eigenvalue weighted by molar-refractivity contribution is 9.10. The van der Waals surface area contributed by atoms with Crippen molar-refractivity contribution < 1.29 is 19.0 Å². The van der Waals surface area contributed by atoms with Crippen LogP contribution >= 0.6 is 39.3 Å². The van der Waals surface area contributed by atoms with Gasteiger partial charge >= 0.3 is 5.97 Å². The minimum atomic E-state index is -0.582. The number of ether oxygens (including phenoxy) is 3. The Morgan fingerprint density at radius 1 is 1.18 bits per heavy atom. The quantitative estimate of drug-likeness (QED) is 0.180. The molecule has 0 amide bonds. The Hall–Kier alpha value is -2.69. The third-order valence-corrected chi connectivity index (χ3v) is 7.74. The van der Waals surface area contributed by atoms with Crippen LogP contribution in [0.25, 0.3) is 0 Å². The Bertz CT molecular complexity index is 1350. The molecular weight excluding hydrogens is 592 g/mol. The summed E-state index contributed by atoms with van der Waals surface area (Å²) in [6.07, 6.45) is 0.997. The summed E-state index contributed by atoms with van der Waals surface area (Å²) >= 11 is 11.6. The molecule has 0 spiro atoms. The molecular formula is C27H30BrClN4O4S. The van der Waals surface area contributed by atoms with E-state index in [9.17, 15) is 4.79 Å². The van der Waals surface area contributed by atoms with Crippen LogP contribution in [0.3, 0.4) is 0 Å². The SMILES string of the molecule is CCCSc1nc2n(n1)C(c1cc(Br)c(OCc3ccccc3Cl)c(OCC)c1)C(C(=O)OCC)=C(C)N2. The van der Waals surface area contributed by atoms with Crippen LogP contribution < -0.4 is 14.8 Å². The molecule has 0 saturated heterocycles. The van der Waals surface area contributed by atoms with Gasteiger partial charge in [-0.05, 0) is 66.9 Å². The van der Waals surface area contributed by atoms with E-state index in [0.29, 0.717) is 50.0 Å². The molecule has 0 bridgehead atoms. The Kier molecular flexibility index (Phi) is 9.62. The Labute approximate surface area is 240 Å². The van der Waals surface area contributed by atoms with Crippen LogP contribution in [-0.4, -0.2) is 39.7 Å². The number of hydrogen-bond donors (Lipinski definition) is 1. The van der Waals surface area contributed by atoms with Crippen LogP contribution in [-0.2, 0) is 16.1 Å². The van der Waals surface area contributed by atoms with E-state index in [0.717, 1.165) is 23.3 Å². The molecule has 3 aromatic rings. The van der Waals surface area contributed by atoms with Crippen molar-refractivity contribution in [3.63, 3.8) is 0 Å². The molecule has 0 fully saturated rings. The molecule has 38 heavy (non-hydrogen) atoms. The molecule has 1 N–H and O–H groups in total. The van der Waals surface area contributed by atoms with Crippen molar-refractivity contribution in [2.24, 2.45) is 0 Å². The lowest BCUT2D eigenvalue weighted by molar-refractivity contribution is -0.139. The average molecular weight is 622 g/mol. The maximum atomic E-state index is 13.2. The summed E-state index contributed by atoms with van der Waals surface area (Å²) in [5.74, 6) is 2.11. The van der Waals surface area contributed by atoms with E-state index < -0.39 is 12.0 Å². The van der Waals surface area contributed by atoms with Gasteiger partial charge in [-0.1, -0.05) is 48.5 Å². The Morgan fingerprint density at radius 3 is 2.68 bits per heavy atom. The third-order valence-electron chi connectivity index (χ3n) is 5.74. The van der Waals surface area contributed by atoms with Gasteiger partial charge in [0.05, 0.1) is 23.3 Å². The number of rotatable bonds is 11. The van der Waals surface area contributed by atoms with Crippen molar-refractivity contribution in [2.75, 3.05) is 24.3 Å². The van der Waals surface area contributed by atoms with Crippen molar-refractivity contribution in [1.29, 1.82) is 0 Å². The summed E-state index contributed by atoms with van der Waals surface area (Å²) < 4.78 is 20.0. The molecule has 1 aliphatic heterocycles. The van der Waals surface area contributed by atoms with E-state index in [4.69, 9.17) is 30.9 Å². The lowest BCUT2D eigenvalue weighted by atomic mass is 9.95. The van der Waals surface area contributed by atoms with Gasteiger partial charge in [-0.25, -0.2) is 9.48 Å². The lowest BCUT2D eigenvalue weighted by Crippen LogP contribution is -2.29. The molecule has 1 atom stereocenters. The number of anilines is 1. The Balaban J connectivity index is 1.78. The van der Waals surface area contributed by atoms with E-state index in [-0.39, 0.29) is 13.2 Å². The minimum Gasteiger partial charge on any atom is -0.490 e. The highest BCUT2D eigenvalue weighted by atomic mass is 79.9. The van der Waals surface area contributed by atoms with E-state index in [1.54, 1.807) is 23.4 Å². The molecule has 1 aliphatic rings. The molecule has 0 aliphatic carbocycles. The first-order valence-corrected chi connectivity index (χ1v) is 14.6. The highest BCUT2D eigenvalue weighted by Gasteiger charge is 2.36. The van der Waals surface area contributed by atoms with E-state index in [1.165, 1.54) is 0 Å². The average Bonchev–Trinajstić information content (AvgIpc) is 3.29. The Morgan fingerprint density at radius 2 is 1.97 bits per heavy atom. The molecule has 4 rings (SSSR count). The van der Waals surface area contributed by atoms with Crippen molar-refractivity contribution in [3.05, 3.63) is 68.3 Å². The monoisotopic (exact) mass is 620 g/mol. The fraction of sp³-hybridized carbons (Fsp3) is 0.370. The van der Waals surface area contributed by atoms with Gasteiger partial charge in [0, 0.05) is 22.0 Å². The topological polar surface area (TPSA) is 87.5 Å². The normalized spacial score (nSPS) is 14.6. The predicted octanol–water partition coefficient (Wildman–Crippen LogP) is 7.03.